The second kappa shape index (κ2) is 4.17. The summed E-state index contributed by atoms with van der Waals surface area (Å²) in [6.45, 7) is 0.155. The lowest BCUT2D eigenvalue weighted by molar-refractivity contribution is -0.121. The molecule has 1 heterocycles. The number of nitrogens with two attached hydrogens (primary N) is 1. The summed E-state index contributed by atoms with van der Waals surface area (Å²) < 4.78 is 1.65. The van der Waals surface area contributed by atoms with Gasteiger partial charge in [0.2, 0.25) is 11.9 Å². The third-order valence-corrected chi connectivity index (χ3v) is 3.30. The standard InChI is InChI=1S/C12H13ClN4O/c13-8-2-1-3-9-11(8)17(12(14)16-9)6-10(18)15-7-4-5-7/h1-3,7H,4-6H2,(H2,14,16)(H,15,18). The minimum atomic E-state index is -0.0524. The molecule has 1 aliphatic carbocycles. The number of rotatable bonds is 3. The fourth-order valence-corrected chi connectivity index (χ4v) is 2.24. The highest BCUT2D eigenvalue weighted by Gasteiger charge is 2.24. The van der Waals surface area contributed by atoms with Crippen LogP contribution in [0.1, 0.15) is 12.8 Å². The number of hydrogen-bond acceptors (Lipinski definition) is 3. The number of para-hydroxylation sites is 1. The Bertz CT molecular complexity index is 618. The third-order valence-electron chi connectivity index (χ3n) is 2.99. The molecular weight excluding hydrogens is 252 g/mol. The van der Waals surface area contributed by atoms with Gasteiger partial charge in [-0.15, -0.1) is 0 Å². The van der Waals surface area contributed by atoms with Crippen molar-refractivity contribution in [1.82, 2.24) is 14.9 Å². The summed E-state index contributed by atoms with van der Waals surface area (Å²) in [7, 11) is 0. The van der Waals surface area contributed by atoms with Crippen molar-refractivity contribution in [3.8, 4) is 0 Å². The molecule has 18 heavy (non-hydrogen) atoms. The van der Waals surface area contributed by atoms with Crippen LogP contribution >= 0.6 is 11.6 Å². The van der Waals surface area contributed by atoms with Crippen molar-refractivity contribution in [3.05, 3.63) is 23.2 Å². The highest BCUT2D eigenvalue weighted by Crippen LogP contribution is 2.25. The average molecular weight is 265 g/mol. The maximum Gasteiger partial charge on any atom is 0.240 e. The number of hydrogen-bond donors (Lipinski definition) is 2. The van der Waals surface area contributed by atoms with Crippen molar-refractivity contribution in [2.45, 2.75) is 25.4 Å². The van der Waals surface area contributed by atoms with Crippen LogP contribution < -0.4 is 11.1 Å². The van der Waals surface area contributed by atoms with E-state index >= 15 is 0 Å². The van der Waals surface area contributed by atoms with Gasteiger partial charge >= 0.3 is 0 Å². The number of fused-ring (bicyclic) bond motifs is 1. The predicted molar refractivity (Wildman–Crippen MR) is 70.3 cm³/mol. The molecular formula is C12H13ClN4O. The van der Waals surface area contributed by atoms with Gasteiger partial charge in [0, 0.05) is 6.04 Å². The van der Waals surface area contributed by atoms with Gasteiger partial charge in [0.1, 0.15) is 6.54 Å². The summed E-state index contributed by atoms with van der Waals surface area (Å²) in [4.78, 5) is 16.0. The lowest BCUT2D eigenvalue weighted by Crippen LogP contribution is -2.29. The first kappa shape index (κ1) is 11.3. The first-order chi connectivity index (χ1) is 8.65. The number of nitrogen functional groups attached to an aromatic ring is 1. The zero-order chi connectivity index (χ0) is 12.7. The molecule has 0 bridgehead atoms. The van der Waals surface area contributed by atoms with E-state index in [1.165, 1.54) is 0 Å². The van der Waals surface area contributed by atoms with E-state index in [0.29, 0.717) is 28.0 Å². The number of carbonyl (C=O) groups excluding carboxylic acids is 1. The second-order valence-electron chi connectivity index (χ2n) is 4.51. The van der Waals surface area contributed by atoms with Gasteiger partial charge in [-0.2, -0.15) is 0 Å². The molecule has 5 nitrogen and oxygen atoms in total. The topological polar surface area (TPSA) is 72.9 Å². The second-order valence-corrected chi connectivity index (χ2v) is 4.91. The van der Waals surface area contributed by atoms with Crippen molar-refractivity contribution < 1.29 is 4.79 Å². The number of nitrogens with one attached hydrogen (secondary N) is 1. The summed E-state index contributed by atoms with van der Waals surface area (Å²) in [5, 5.41) is 3.47. The molecule has 1 aromatic heterocycles. The van der Waals surface area contributed by atoms with E-state index in [-0.39, 0.29) is 12.5 Å². The zero-order valence-corrected chi connectivity index (χ0v) is 10.4. The lowest BCUT2D eigenvalue weighted by Gasteiger charge is -2.07. The number of aromatic nitrogens is 2. The molecule has 0 atom stereocenters. The molecule has 1 amide bonds. The number of benzene rings is 1. The highest BCUT2D eigenvalue weighted by molar-refractivity contribution is 6.35. The summed E-state index contributed by atoms with van der Waals surface area (Å²) in [6, 6.07) is 5.74. The quantitative estimate of drug-likeness (QED) is 0.883. The van der Waals surface area contributed by atoms with Gasteiger partial charge in [0.05, 0.1) is 16.1 Å². The molecule has 0 spiro atoms. The van der Waals surface area contributed by atoms with E-state index in [4.69, 9.17) is 17.3 Å². The highest BCUT2D eigenvalue weighted by atomic mass is 35.5. The number of amides is 1. The normalized spacial score (nSPS) is 14.9. The van der Waals surface area contributed by atoms with E-state index in [0.717, 1.165) is 12.8 Å². The Morgan fingerprint density at radius 3 is 3.06 bits per heavy atom. The minimum Gasteiger partial charge on any atom is -0.369 e. The number of carbonyl (C=O) groups is 1. The van der Waals surface area contributed by atoms with Gasteiger partial charge in [-0.25, -0.2) is 4.98 Å². The van der Waals surface area contributed by atoms with Gasteiger partial charge in [-0.3, -0.25) is 9.36 Å². The predicted octanol–water partition coefficient (Wildman–Crippen LogP) is 1.55. The first-order valence-corrected chi connectivity index (χ1v) is 6.22. The third kappa shape index (κ3) is 2.01. The van der Waals surface area contributed by atoms with Crippen LogP contribution in [0.25, 0.3) is 11.0 Å². The number of anilines is 1. The maximum atomic E-state index is 11.8. The zero-order valence-electron chi connectivity index (χ0n) is 9.69. The van der Waals surface area contributed by atoms with Gasteiger partial charge < -0.3 is 11.1 Å². The molecule has 3 N–H and O–H groups in total. The maximum absolute atomic E-state index is 11.8. The van der Waals surface area contributed by atoms with Crippen LogP contribution in [0, 0.1) is 0 Å². The summed E-state index contributed by atoms with van der Waals surface area (Å²) in [5.74, 6) is 0.257. The van der Waals surface area contributed by atoms with E-state index in [1.54, 1.807) is 10.6 Å². The van der Waals surface area contributed by atoms with Crippen LogP contribution in [-0.4, -0.2) is 21.5 Å². The summed E-state index contributed by atoms with van der Waals surface area (Å²) in [5.41, 5.74) is 7.25. The molecule has 6 heteroatoms. The Morgan fingerprint density at radius 1 is 1.56 bits per heavy atom. The fourth-order valence-electron chi connectivity index (χ4n) is 1.96. The Hall–Kier alpha value is -1.75. The van der Waals surface area contributed by atoms with E-state index in [1.807, 2.05) is 12.1 Å². The summed E-state index contributed by atoms with van der Waals surface area (Å²) in [6.07, 6.45) is 2.12. The van der Waals surface area contributed by atoms with E-state index < -0.39 is 0 Å². The summed E-state index contributed by atoms with van der Waals surface area (Å²) >= 11 is 6.13. The SMILES string of the molecule is Nc1nc2cccc(Cl)c2n1CC(=O)NC1CC1. The van der Waals surface area contributed by atoms with Gasteiger partial charge in [0.25, 0.3) is 0 Å². The van der Waals surface area contributed by atoms with Crippen molar-refractivity contribution in [2.75, 3.05) is 5.73 Å². The Balaban J connectivity index is 1.94. The first-order valence-electron chi connectivity index (χ1n) is 5.85. The van der Waals surface area contributed by atoms with Gasteiger partial charge in [0.15, 0.2) is 0 Å². The molecule has 1 fully saturated rings. The Morgan fingerprint density at radius 2 is 2.33 bits per heavy atom. The van der Waals surface area contributed by atoms with Gasteiger partial charge in [-0.05, 0) is 25.0 Å². The monoisotopic (exact) mass is 264 g/mol. The number of halogens is 1. The molecule has 1 aromatic carbocycles. The van der Waals surface area contributed by atoms with Crippen LogP contribution in [0.5, 0.6) is 0 Å². The van der Waals surface area contributed by atoms with Crippen molar-refractivity contribution in [1.29, 1.82) is 0 Å². The molecule has 1 saturated carbocycles. The number of nitrogens with zero attached hydrogens (tertiary/aromatic N) is 2. The molecule has 0 radical (unpaired) electrons. The smallest absolute Gasteiger partial charge is 0.240 e. The van der Waals surface area contributed by atoms with Crippen LogP contribution in [-0.2, 0) is 11.3 Å². The largest absolute Gasteiger partial charge is 0.369 e. The lowest BCUT2D eigenvalue weighted by atomic mass is 10.3. The van der Waals surface area contributed by atoms with Crippen LogP contribution in [0.4, 0.5) is 5.95 Å². The molecule has 3 rings (SSSR count). The van der Waals surface area contributed by atoms with Crippen molar-refractivity contribution in [3.63, 3.8) is 0 Å². The van der Waals surface area contributed by atoms with Gasteiger partial charge in [-0.1, -0.05) is 17.7 Å². The van der Waals surface area contributed by atoms with Crippen LogP contribution in [0.15, 0.2) is 18.2 Å². The Kier molecular flexibility index (Phi) is 2.63. The molecule has 0 saturated heterocycles. The Labute approximate surface area is 109 Å². The van der Waals surface area contributed by atoms with Crippen molar-refractivity contribution >= 4 is 34.5 Å². The van der Waals surface area contributed by atoms with Crippen molar-refractivity contribution in [2.24, 2.45) is 0 Å². The molecule has 0 aliphatic heterocycles. The van der Waals surface area contributed by atoms with Crippen LogP contribution in [0.3, 0.4) is 0 Å². The molecule has 94 valence electrons. The van der Waals surface area contributed by atoms with E-state index in [2.05, 4.69) is 10.3 Å². The molecule has 0 unspecified atom stereocenters. The van der Waals surface area contributed by atoms with E-state index in [9.17, 15) is 4.79 Å². The molecule has 2 aromatic rings. The average Bonchev–Trinajstić information content (AvgIpc) is 3.05. The molecule has 1 aliphatic rings. The van der Waals surface area contributed by atoms with Crippen LogP contribution in [0.2, 0.25) is 5.02 Å². The fraction of sp³-hybridized carbons (Fsp3) is 0.333. The number of imidazole rings is 1. The minimum absolute atomic E-state index is 0.0524.